The molecule has 0 bridgehead atoms. The van der Waals surface area contributed by atoms with Crippen LogP contribution < -0.4 is 10.5 Å². The number of carbonyl (C=O) groups excluding carboxylic acids is 1. The van der Waals surface area contributed by atoms with Crippen LogP contribution in [0.25, 0.3) is 22.3 Å². The Kier molecular flexibility index (Phi) is 4.19. The van der Waals surface area contributed by atoms with Gasteiger partial charge >= 0.3 is 5.97 Å². The van der Waals surface area contributed by atoms with Crippen molar-refractivity contribution < 1.29 is 14.6 Å². The molecule has 3 aromatic rings. The monoisotopic (exact) mass is 430 g/mol. The molecule has 162 valence electrons. The van der Waals surface area contributed by atoms with E-state index in [2.05, 4.69) is 16.8 Å². The molecule has 0 aliphatic carbocycles. The third kappa shape index (κ3) is 2.59. The van der Waals surface area contributed by atoms with E-state index in [1.165, 1.54) is 0 Å². The van der Waals surface area contributed by atoms with Gasteiger partial charge in [-0.1, -0.05) is 25.8 Å². The first-order valence-electron chi connectivity index (χ1n) is 11.0. The van der Waals surface area contributed by atoms with Crippen LogP contribution in [0, 0.1) is 0 Å². The van der Waals surface area contributed by atoms with Crippen molar-refractivity contribution in [1.82, 2.24) is 9.55 Å². The Morgan fingerprint density at radius 2 is 2.09 bits per heavy atom. The van der Waals surface area contributed by atoms with Crippen LogP contribution in [0.2, 0.25) is 0 Å². The normalized spacial score (nSPS) is 17.9. The first-order valence-corrected chi connectivity index (χ1v) is 11.0. The molecule has 6 rings (SSSR count). The second kappa shape index (κ2) is 7.00. The molecular weight excluding hydrogens is 408 g/mol. The summed E-state index contributed by atoms with van der Waals surface area (Å²) in [6.45, 7) is 3.27. The summed E-state index contributed by atoms with van der Waals surface area (Å²) < 4.78 is 6.67. The lowest BCUT2D eigenvalue weighted by Crippen LogP contribution is -2.32. The molecule has 1 unspecified atom stereocenters. The first-order chi connectivity index (χ1) is 15.6. The van der Waals surface area contributed by atoms with Crippen molar-refractivity contribution in [3.8, 4) is 11.4 Å². The highest BCUT2D eigenvalue weighted by molar-refractivity contribution is 6.11. The lowest BCUT2D eigenvalue weighted by Gasteiger charge is -2.27. The number of hydrogen-bond donors (Lipinski definition) is 1. The molecule has 8 nitrogen and oxygen atoms in total. The molecule has 5 heterocycles. The number of pyridine rings is 2. The standard InChI is InChI=1S/C24H22N4O4/c1-2-3-4-8-27-12-25-16-6-5-7-17-19(16)21(27)14-10-28-18(20(14)26-17)9-13-15(23(28)30)11-32-24(31)22(13)29/h5-7,9,12,22,29H,2-4,8,10-11H2,1H3. The van der Waals surface area contributed by atoms with Crippen molar-refractivity contribution in [1.29, 1.82) is 0 Å². The molecule has 0 spiro atoms. The molecule has 1 atom stereocenters. The van der Waals surface area contributed by atoms with Gasteiger partial charge in [-0.3, -0.25) is 4.79 Å². The fourth-order valence-electron chi connectivity index (χ4n) is 4.95. The number of benzene rings is 1. The van der Waals surface area contributed by atoms with Crippen molar-refractivity contribution >= 4 is 34.6 Å². The van der Waals surface area contributed by atoms with Gasteiger partial charge in [0.25, 0.3) is 5.56 Å². The average Bonchev–Trinajstić information content (AvgIpc) is 3.17. The molecule has 1 N–H and O–H groups in total. The molecule has 0 saturated carbocycles. The summed E-state index contributed by atoms with van der Waals surface area (Å²) in [5.74, 6) is -0.732. The molecule has 0 saturated heterocycles. The van der Waals surface area contributed by atoms with Gasteiger partial charge in [0.15, 0.2) is 6.10 Å². The van der Waals surface area contributed by atoms with E-state index in [1.807, 2.05) is 24.5 Å². The zero-order valence-electron chi connectivity index (χ0n) is 17.7. The number of rotatable bonds is 4. The van der Waals surface area contributed by atoms with E-state index < -0.39 is 12.1 Å². The largest absolute Gasteiger partial charge is 0.458 e. The van der Waals surface area contributed by atoms with Gasteiger partial charge in [-0.05, 0) is 24.6 Å². The highest BCUT2D eigenvalue weighted by Gasteiger charge is 2.35. The van der Waals surface area contributed by atoms with Crippen LogP contribution in [0.4, 0.5) is 11.4 Å². The summed E-state index contributed by atoms with van der Waals surface area (Å²) in [4.78, 5) is 36.9. The fourth-order valence-corrected chi connectivity index (χ4v) is 4.95. The number of carbonyl (C=O) groups is 1. The van der Waals surface area contributed by atoms with Crippen molar-refractivity contribution in [3.63, 3.8) is 0 Å². The van der Waals surface area contributed by atoms with E-state index in [4.69, 9.17) is 9.72 Å². The number of aromatic nitrogens is 2. The fraction of sp³-hybridized carbons (Fsp3) is 0.333. The summed E-state index contributed by atoms with van der Waals surface area (Å²) in [5, 5.41) is 11.3. The predicted molar refractivity (Wildman–Crippen MR) is 120 cm³/mol. The second-order valence-electron chi connectivity index (χ2n) is 8.47. The quantitative estimate of drug-likeness (QED) is 0.395. The lowest BCUT2D eigenvalue weighted by atomic mass is 9.99. The number of aliphatic imine (C=N–C) groups is 1. The van der Waals surface area contributed by atoms with Gasteiger partial charge < -0.3 is 19.3 Å². The van der Waals surface area contributed by atoms with Crippen molar-refractivity contribution in [3.05, 3.63) is 51.3 Å². The third-order valence-corrected chi connectivity index (χ3v) is 6.56. The Hall–Kier alpha value is -3.52. The van der Waals surface area contributed by atoms with Crippen LogP contribution >= 0.6 is 0 Å². The van der Waals surface area contributed by atoms with Crippen molar-refractivity contribution in [2.45, 2.75) is 45.4 Å². The Morgan fingerprint density at radius 3 is 2.94 bits per heavy atom. The topological polar surface area (TPSA) is 97.0 Å². The number of anilines is 1. The minimum Gasteiger partial charge on any atom is -0.458 e. The predicted octanol–water partition coefficient (Wildman–Crippen LogP) is 3.19. The number of ether oxygens (including phenoxy) is 1. The SMILES string of the molecule is CCCCCN1C=Nc2cccc3nc4c(c1c23)Cn1c-4cc2c(c1=O)COC(=O)C2O. The minimum atomic E-state index is -1.45. The highest BCUT2D eigenvalue weighted by Crippen LogP contribution is 2.45. The van der Waals surface area contributed by atoms with E-state index in [1.54, 1.807) is 10.6 Å². The van der Waals surface area contributed by atoms with Gasteiger partial charge in [-0.25, -0.2) is 14.8 Å². The minimum absolute atomic E-state index is 0.122. The van der Waals surface area contributed by atoms with E-state index in [-0.39, 0.29) is 12.2 Å². The molecule has 1 aromatic carbocycles. The maximum atomic E-state index is 13.3. The summed E-state index contributed by atoms with van der Waals surface area (Å²) in [7, 11) is 0. The number of aliphatic hydroxyl groups excluding tert-OH is 1. The number of esters is 1. The van der Waals surface area contributed by atoms with Gasteiger partial charge in [0, 0.05) is 17.7 Å². The van der Waals surface area contributed by atoms with E-state index in [9.17, 15) is 14.7 Å². The smallest absolute Gasteiger partial charge is 0.340 e. The summed E-state index contributed by atoms with van der Waals surface area (Å²) in [6.07, 6.45) is 3.71. The summed E-state index contributed by atoms with van der Waals surface area (Å²) in [6, 6.07) is 7.59. The van der Waals surface area contributed by atoms with Gasteiger partial charge in [0.2, 0.25) is 0 Å². The summed E-state index contributed by atoms with van der Waals surface area (Å²) >= 11 is 0. The maximum Gasteiger partial charge on any atom is 0.340 e. The number of nitrogens with zero attached hydrogens (tertiary/aromatic N) is 4. The number of aliphatic hydroxyl groups is 1. The molecule has 0 fully saturated rings. The molecule has 0 amide bonds. The van der Waals surface area contributed by atoms with Crippen LogP contribution in [0.15, 0.2) is 34.1 Å². The van der Waals surface area contributed by atoms with E-state index >= 15 is 0 Å². The van der Waals surface area contributed by atoms with Crippen LogP contribution in [-0.4, -0.2) is 33.5 Å². The third-order valence-electron chi connectivity index (χ3n) is 6.56. The number of unbranched alkanes of at least 4 members (excludes halogenated alkanes) is 2. The Bertz CT molecular complexity index is 1390. The van der Waals surface area contributed by atoms with Crippen molar-refractivity contribution in [2.75, 3.05) is 11.4 Å². The Balaban J connectivity index is 1.58. The highest BCUT2D eigenvalue weighted by atomic mass is 16.5. The number of hydrogen-bond acceptors (Lipinski definition) is 7. The zero-order valence-corrected chi connectivity index (χ0v) is 17.7. The molecule has 8 heteroatoms. The Labute approximate surface area is 183 Å². The first kappa shape index (κ1) is 19.2. The van der Waals surface area contributed by atoms with Gasteiger partial charge in [0.05, 0.1) is 52.1 Å². The molecule has 2 aromatic heterocycles. The average molecular weight is 430 g/mol. The van der Waals surface area contributed by atoms with Crippen molar-refractivity contribution in [2.24, 2.45) is 4.99 Å². The zero-order chi connectivity index (χ0) is 22.0. The van der Waals surface area contributed by atoms with Gasteiger partial charge in [-0.15, -0.1) is 0 Å². The maximum absolute atomic E-state index is 13.3. The van der Waals surface area contributed by atoms with Crippen LogP contribution in [0.5, 0.6) is 0 Å². The molecular formula is C24H22N4O4. The number of cyclic esters (lactones) is 1. The Morgan fingerprint density at radius 1 is 1.22 bits per heavy atom. The summed E-state index contributed by atoms with van der Waals surface area (Å²) in [5.41, 5.74) is 5.42. The molecule has 3 aliphatic rings. The molecule has 32 heavy (non-hydrogen) atoms. The molecule has 3 aliphatic heterocycles. The van der Waals surface area contributed by atoms with Crippen LogP contribution in [0.1, 0.15) is 49.0 Å². The van der Waals surface area contributed by atoms with Crippen LogP contribution in [0.3, 0.4) is 0 Å². The lowest BCUT2D eigenvalue weighted by molar-refractivity contribution is -0.157. The van der Waals surface area contributed by atoms with E-state index in [0.29, 0.717) is 29.1 Å². The van der Waals surface area contributed by atoms with Gasteiger partial charge in [0.1, 0.15) is 6.61 Å². The molecule has 0 radical (unpaired) electrons. The van der Waals surface area contributed by atoms with Crippen LogP contribution in [-0.2, 0) is 22.7 Å². The number of fused-ring (bicyclic) bond motifs is 5. The van der Waals surface area contributed by atoms with Gasteiger partial charge in [-0.2, -0.15) is 0 Å². The van der Waals surface area contributed by atoms with E-state index in [0.717, 1.165) is 53.6 Å². The second-order valence-corrected chi connectivity index (χ2v) is 8.47.